The van der Waals surface area contributed by atoms with E-state index in [0.29, 0.717) is 34.8 Å². The number of hydrogen-bond donors (Lipinski definition) is 1. The zero-order valence-corrected chi connectivity index (χ0v) is 11.9. The molecule has 0 saturated carbocycles. The molecule has 0 atom stereocenters. The number of nitrogens with zero attached hydrogens (tertiary/aromatic N) is 2. The van der Waals surface area contributed by atoms with E-state index in [1.807, 2.05) is 0 Å². The van der Waals surface area contributed by atoms with Gasteiger partial charge in [-0.3, -0.25) is 9.20 Å². The summed E-state index contributed by atoms with van der Waals surface area (Å²) >= 11 is 0. The number of aryl methyl sites for hydroxylation is 1. The third-order valence-electron chi connectivity index (χ3n) is 3.42. The Kier molecular flexibility index (Phi) is 3.74. The molecule has 0 saturated heterocycles. The summed E-state index contributed by atoms with van der Waals surface area (Å²) in [6, 6.07) is 8.77. The zero-order valence-electron chi connectivity index (χ0n) is 11.9. The molecule has 0 aliphatic carbocycles. The van der Waals surface area contributed by atoms with Gasteiger partial charge in [-0.25, -0.2) is 9.37 Å². The zero-order chi connectivity index (χ0) is 15.5. The van der Waals surface area contributed by atoms with Gasteiger partial charge in [0.2, 0.25) is 5.88 Å². The topological polar surface area (TPSA) is 55.6 Å². The van der Waals surface area contributed by atoms with E-state index in [-0.39, 0.29) is 12.4 Å². The summed E-state index contributed by atoms with van der Waals surface area (Å²) in [5.74, 6) is 0.0784. The van der Waals surface area contributed by atoms with Crippen LogP contribution in [0.2, 0.25) is 0 Å². The first-order valence-corrected chi connectivity index (χ1v) is 6.75. The summed E-state index contributed by atoms with van der Waals surface area (Å²) in [5, 5.41) is 3.09. The third kappa shape index (κ3) is 2.50. The van der Waals surface area contributed by atoms with Crippen molar-refractivity contribution in [1.29, 1.82) is 0 Å². The van der Waals surface area contributed by atoms with Gasteiger partial charge in [-0.15, -0.1) is 0 Å². The predicted octanol–water partition coefficient (Wildman–Crippen LogP) is 2.93. The number of halogens is 1. The third-order valence-corrected chi connectivity index (χ3v) is 3.42. The molecule has 0 fully saturated rings. The summed E-state index contributed by atoms with van der Waals surface area (Å²) in [6.07, 6.45) is 3.30. The van der Waals surface area contributed by atoms with Gasteiger partial charge >= 0.3 is 0 Å². The molecule has 6 heteroatoms. The van der Waals surface area contributed by atoms with E-state index in [2.05, 4.69) is 10.3 Å². The molecule has 3 rings (SSSR count). The molecule has 0 bridgehead atoms. The van der Waals surface area contributed by atoms with Crippen LogP contribution in [-0.4, -0.2) is 15.9 Å². The second-order valence-corrected chi connectivity index (χ2v) is 4.82. The molecule has 0 unspecified atom stereocenters. The Morgan fingerprint density at radius 2 is 2.23 bits per heavy atom. The standard InChI is InChI=1S/C16H14FN3O2/c1-11-3-2-4-12(15(11)17)9-19-13-5-6-14-18-7-8-20(14)16(13)22-10-21/h2-8,10,19H,9H2,1H3. The number of aromatic nitrogens is 2. The van der Waals surface area contributed by atoms with Crippen LogP contribution in [0, 0.1) is 12.7 Å². The predicted molar refractivity (Wildman–Crippen MR) is 80.3 cm³/mol. The van der Waals surface area contributed by atoms with Crippen LogP contribution in [0.15, 0.2) is 42.7 Å². The van der Waals surface area contributed by atoms with Gasteiger partial charge in [0.15, 0.2) is 0 Å². The lowest BCUT2D eigenvalue weighted by atomic mass is 10.1. The van der Waals surface area contributed by atoms with Crippen molar-refractivity contribution in [3.63, 3.8) is 0 Å². The van der Waals surface area contributed by atoms with Crippen molar-refractivity contribution in [2.24, 2.45) is 0 Å². The number of fused-ring (bicyclic) bond motifs is 1. The lowest BCUT2D eigenvalue weighted by molar-refractivity contribution is -0.120. The van der Waals surface area contributed by atoms with Crippen molar-refractivity contribution >= 4 is 17.8 Å². The molecular weight excluding hydrogens is 285 g/mol. The van der Waals surface area contributed by atoms with Gasteiger partial charge in [0, 0.05) is 24.5 Å². The number of nitrogens with one attached hydrogen (secondary N) is 1. The number of ether oxygens (including phenoxy) is 1. The highest BCUT2D eigenvalue weighted by atomic mass is 19.1. The molecule has 0 radical (unpaired) electrons. The van der Waals surface area contributed by atoms with Crippen LogP contribution < -0.4 is 10.1 Å². The number of rotatable bonds is 5. The van der Waals surface area contributed by atoms with Crippen molar-refractivity contribution in [3.05, 3.63) is 59.7 Å². The monoisotopic (exact) mass is 299 g/mol. The Morgan fingerprint density at radius 1 is 1.36 bits per heavy atom. The maximum absolute atomic E-state index is 14.0. The number of benzene rings is 1. The van der Waals surface area contributed by atoms with E-state index in [1.165, 1.54) is 0 Å². The number of hydrogen-bond acceptors (Lipinski definition) is 4. The second kappa shape index (κ2) is 5.85. The Morgan fingerprint density at radius 3 is 3.05 bits per heavy atom. The lowest BCUT2D eigenvalue weighted by Gasteiger charge is -2.13. The highest BCUT2D eigenvalue weighted by Gasteiger charge is 2.11. The van der Waals surface area contributed by atoms with Crippen LogP contribution in [-0.2, 0) is 11.3 Å². The molecule has 2 heterocycles. The first-order chi connectivity index (χ1) is 10.7. The molecule has 3 aromatic rings. The van der Waals surface area contributed by atoms with Crippen molar-refractivity contribution in [3.8, 4) is 5.88 Å². The molecule has 22 heavy (non-hydrogen) atoms. The van der Waals surface area contributed by atoms with Gasteiger partial charge in [-0.05, 0) is 24.6 Å². The lowest BCUT2D eigenvalue weighted by Crippen LogP contribution is -2.07. The van der Waals surface area contributed by atoms with Crippen LogP contribution >= 0.6 is 0 Å². The van der Waals surface area contributed by atoms with Crippen LogP contribution in [0.3, 0.4) is 0 Å². The SMILES string of the molecule is Cc1cccc(CNc2ccc3nccn3c2OC=O)c1F. The Balaban J connectivity index is 1.91. The number of anilines is 1. The van der Waals surface area contributed by atoms with Crippen molar-refractivity contribution in [2.45, 2.75) is 13.5 Å². The highest BCUT2D eigenvalue weighted by molar-refractivity contribution is 5.63. The van der Waals surface area contributed by atoms with Gasteiger partial charge in [0.25, 0.3) is 6.47 Å². The maximum Gasteiger partial charge on any atom is 0.299 e. The fourth-order valence-corrected chi connectivity index (χ4v) is 2.30. The fraction of sp³-hybridized carbons (Fsp3) is 0.125. The molecule has 1 N–H and O–H groups in total. The summed E-state index contributed by atoms with van der Waals surface area (Å²) in [6.45, 7) is 2.35. The van der Waals surface area contributed by atoms with E-state index >= 15 is 0 Å². The van der Waals surface area contributed by atoms with E-state index in [1.54, 1.807) is 54.0 Å². The van der Waals surface area contributed by atoms with Crippen molar-refractivity contribution < 1.29 is 13.9 Å². The van der Waals surface area contributed by atoms with Crippen molar-refractivity contribution in [2.75, 3.05) is 5.32 Å². The summed E-state index contributed by atoms with van der Waals surface area (Å²) < 4.78 is 20.7. The van der Waals surface area contributed by atoms with E-state index in [4.69, 9.17) is 4.74 Å². The van der Waals surface area contributed by atoms with Gasteiger partial charge < -0.3 is 10.1 Å². The average Bonchev–Trinajstić information content (AvgIpc) is 2.99. The maximum atomic E-state index is 14.0. The number of imidazole rings is 1. The number of carbonyl (C=O) groups is 1. The minimum absolute atomic E-state index is 0.239. The molecule has 2 aromatic heterocycles. The van der Waals surface area contributed by atoms with Crippen molar-refractivity contribution in [1.82, 2.24) is 9.38 Å². The largest absolute Gasteiger partial charge is 0.409 e. The minimum atomic E-state index is -0.239. The van der Waals surface area contributed by atoms with Gasteiger partial charge in [0.1, 0.15) is 11.5 Å². The molecule has 0 aliphatic rings. The Bertz CT molecular complexity index is 829. The van der Waals surface area contributed by atoms with E-state index in [9.17, 15) is 9.18 Å². The highest BCUT2D eigenvalue weighted by Crippen LogP contribution is 2.26. The quantitative estimate of drug-likeness (QED) is 0.736. The van der Waals surface area contributed by atoms with E-state index < -0.39 is 0 Å². The van der Waals surface area contributed by atoms with Crippen LogP contribution in [0.1, 0.15) is 11.1 Å². The minimum Gasteiger partial charge on any atom is -0.409 e. The molecule has 5 nitrogen and oxygen atoms in total. The molecule has 1 aromatic carbocycles. The Hall–Kier alpha value is -2.89. The van der Waals surface area contributed by atoms with Crippen LogP contribution in [0.4, 0.5) is 10.1 Å². The van der Waals surface area contributed by atoms with Gasteiger partial charge in [-0.1, -0.05) is 18.2 Å². The van der Waals surface area contributed by atoms with Crippen LogP contribution in [0.5, 0.6) is 5.88 Å². The molecule has 112 valence electrons. The summed E-state index contributed by atoms with van der Waals surface area (Å²) in [5.41, 5.74) is 2.37. The average molecular weight is 299 g/mol. The fourth-order valence-electron chi connectivity index (χ4n) is 2.30. The first-order valence-electron chi connectivity index (χ1n) is 6.75. The smallest absolute Gasteiger partial charge is 0.299 e. The summed E-state index contributed by atoms with van der Waals surface area (Å²) in [7, 11) is 0. The van der Waals surface area contributed by atoms with Gasteiger partial charge in [0.05, 0.1) is 5.69 Å². The second-order valence-electron chi connectivity index (χ2n) is 4.82. The summed E-state index contributed by atoms with van der Waals surface area (Å²) in [4.78, 5) is 14.8. The van der Waals surface area contributed by atoms with Crippen LogP contribution in [0.25, 0.3) is 5.65 Å². The normalized spacial score (nSPS) is 10.6. The Labute approximate surface area is 126 Å². The van der Waals surface area contributed by atoms with E-state index in [0.717, 1.165) is 0 Å². The number of carbonyl (C=O) groups excluding carboxylic acids is 1. The number of pyridine rings is 1. The molecular formula is C16H14FN3O2. The van der Waals surface area contributed by atoms with Gasteiger partial charge in [-0.2, -0.15) is 0 Å². The molecule has 0 aliphatic heterocycles. The first kappa shape index (κ1) is 14.1. The molecule has 0 spiro atoms. The molecule has 0 amide bonds.